The quantitative estimate of drug-likeness (QED) is 0.466. The lowest BCUT2D eigenvalue weighted by Gasteiger charge is -2.36. The third kappa shape index (κ3) is 5.64. The van der Waals surface area contributed by atoms with Crippen molar-refractivity contribution < 1.29 is 0 Å². The van der Waals surface area contributed by atoms with Gasteiger partial charge in [-0.2, -0.15) is 0 Å². The van der Waals surface area contributed by atoms with Gasteiger partial charge in [0, 0.05) is 62.5 Å². The van der Waals surface area contributed by atoms with Gasteiger partial charge in [0.25, 0.3) is 0 Å². The number of rotatable bonds is 5. The second kappa shape index (κ2) is 10.0. The molecule has 0 bridgehead atoms. The molecule has 1 fully saturated rings. The molecule has 1 heterocycles. The Labute approximate surface area is 171 Å². The minimum atomic E-state index is 0.790. The molecule has 2 aromatic carbocycles. The average molecular weight is 403 g/mol. The molecule has 0 radical (unpaired) electrons. The molecule has 1 aliphatic heterocycles. The number of aliphatic imine (C=N–C) groups is 1. The normalized spacial score (nSPS) is 15.8. The molecule has 1 N–H and O–H groups in total. The summed E-state index contributed by atoms with van der Waals surface area (Å²) in [6.45, 7) is 5.12. The third-order valence-corrected chi connectivity index (χ3v) is 6.22. The molecule has 3 rings (SSSR count). The molecule has 6 heteroatoms. The van der Waals surface area contributed by atoms with E-state index in [9.17, 15) is 0 Å². The number of hydrogen-bond donors (Lipinski definition) is 1. The van der Waals surface area contributed by atoms with E-state index in [1.807, 2.05) is 38.0 Å². The van der Waals surface area contributed by atoms with Gasteiger partial charge in [0.2, 0.25) is 0 Å². The van der Waals surface area contributed by atoms with Gasteiger partial charge in [0.05, 0.1) is 0 Å². The lowest BCUT2D eigenvalue weighted by atomic mass is 10.2. The van der Waals surface area contributed by atoms with Crippen molar-refractivity contribution >= 4 is 29.3 Å². The fraction of sp³-hybridized carbons (Fsp3) is 0.381. The SMILES string of the molecule is CN=C(NC)N1CCN(Cc2ccccc2SCc2ccc(Cl)cc2)CC1. The fourth-order valence-electron chi connectivity index (χ4n) is 3.29. The predicted octanol–water partition coefficient (Wildman–Crippen LogP) is 3.96. The number of nitrogens with zero attached hydrogens (tertiary/aromatic N) is 3. The highest BCUT2D eigenvalue weighted by molar-refractivity contribution is 7.98. The Balaban J connectivity index is 1.57. The lowest BCUT2D eigenvalue weighted by Crippen LogP contribution is -2.51. The van der Waals surface area contributed by atoms with E-state index >= 15 is 0 Å². The largest absolute Gasteiger partial charge is 0.359 e. The Morgan fingerprint density at radius 1 is 1.07 bits per heavy atom. The summed E-state index contributed by atoms with van der Waals surface area (Å²) in [7, 11) is 3.77. The van der Waals surface area contributed by atoms with Gasteiger partial charge in [-0.25, -0.2) is 0 Å². The smallest absolute Gasteiger partial charge is 0.193 e. The summed E-state index contributed by atoms with van der Waals surface area (Å²) in [5, 5.41) is 3.97. The maximum Gasteiger partial charge on any atom is 0.193 e. The first-order valence-corrected chi connectivity index (χ1v) is 10.6. The monoisotopic (exact) mass is 402 g/mol. The summed E-state index contributed by atoms with van der Waals surface area (Å²) in [5.41, 5.74) is 2.70. The molecule has 144 valence electrons. The number of benzene rings is 2. The second-order valence-electron chi connectivity index (χ2n) is 6.58. The van der Waals surface area contributed by atoms with Crippen LogP contribution in [0.1, 0.15) is 11.1 Å². The van der Waals surface area contributed by atoms with Crippen molar-refractivity contribution in [2.75, 3.05) is 40.3 Å². The predicted molar refractivity (Wildman–Crippen MR) is 117 cm³/mol. The van der Waals surface area contributed by atoms with Crippen LogP contribution in [0.15, 0.2) is 58.4 Å². The summed E-state index contributed by atoms with van der Waals surface area (Å²) >= 11 is 7.88. The zero-order valence-corrected chi connectivity index (χ0v) is 17.6. The minimum absolute atomic E-state index is 0.790. The van der Waals surface area contributed by atoms with E-state index in [2.05, 4.69) is 56.5 Å². The van der Waals surface area contributed by atoms with Gasteiger partial charge in [0.15, 0.2) is 5.96 Å². The first-order valence-electron chi connectivity index (χ1n) is 9.26. The standard InChI is InChI=1S/C21H27ClN4S/c1-23-21(24-2)26-13-11-25(12-14-26)15-18-5-3-4-6-20(18)27-16-17-7-9-19(22)10-8-17/h3-10H,11-16H2,1-2H3,(H,23,24). The lowest BCUT2D eigenvalue weighted by molar-refractivity contribution is 0.172. The summed E-state index contributed by atoms with van der Waals surface area (Å²) in [6.07, 6.45) is 0. The van der Waals surface area contributed by atoms with Crippen LogP contribution >= 0.6 is 23.4 Å². The van der Waals surface area contributed by atoms with Gasteiger partial charge in [-0.3, -0.25) is 9.89 Å². The number of halogens is 1. The second-order valence-corrected chi connectivity index (χ2v) is 8.04. The molecular formula is C21H27ClN4S. The Kier molecular flexibility index (Phi) is 7.44. The first-order chi connectivity index (χ1) is 13.2. The molecule has 0 atom stereocenters. The molecule has 0 spiro atoms. The van der Waals surface area contributed by atoms with E-state index in [1.54, 1.807) is 0 Å². The number of guanidine groups is 1. The van der Waals surface area contributed by atoms with Gasteiger partial charge in [-0.15, -0.1) is 11.8 Å². The van der Waals surface area contributed by atoms with Gasteiger partial charge >= 0.3 is 0 Å². The van der Waals surface area contributed by atoms with Crippen LogP contribution in [0.2, 0.25) is 5.02 Å². The van der Waals surface area contributed by atoms with Crippen LogP contribution in [0.3, 0.4) is 0 Å². The highest BCUT2D eigenvalue weighted by Crippen LogP contribution is 2.28. The third-order valence-electron chi connectivity index (χ3n) is 4.78. The number of thioether (sulfide) groups is 1. The zero-order chi connectivity index (χ0) is 19.1. The van der Waals surface area contributed by atoms with Crippen molar-refractivity contribution in [3.05, 3.63) is 64.7 Å². The van der Waals surface area contributed by atoms with Crippen molar-refractivity contribution in [3.63, 3.8) is 0 Å². The Morgan fingerprint density at radius 2 is 1.78 bits per heavy atom. The van der Waals surface area contributed by atoms with Crippen LogP contribution in [0.25, 0.3) is 0 Å². The highest BCUT2D eigenvalue weighted by Gasteiger charge is 2.19. The van der Waals surface area contributed by atoms with Gasteiger partial charge in [-0.1, -0.05) is 41.9 Å². The van der Waals surface area contributed by atoms with Crippen LogP contribution < -0.4 is 5.32 Å². The number of piperazine rings is 1. The zero-order valence-electron chi connectivity index (χ0n) is 16.0. The van der Waals surface area contributed by atoms with Crippen LogP contribution in [0, 0.1) is 0 Å². The maximum absolute atomic E-state index is 5.98. The van der Waals surface area contributed by atoms with Crippen molar-refractivity contribution in [2.45, 2.75) is 17.2 Å². The van der Waals surface area contributed by atoms with Crippen LogP contribution in [-0.4, -0.2) is 56.0 Å². The van der Waals surface area contributed by atoms with E-state index in [1.165, 1.54) is 16.0 Å². The summed E-state index contributed by atoms with van der Waals surface area (Å²) < 4.78 is 0. The molecule has 1 aliphatic rings. The number of hydrogen-bond acceptors (Lipinski definition) is 3. The molecule has 0 aromatic heterocycles. The Bertz CT molecular complexity index is 755. The highest BCUT2D eigenvalue weighted by atomic mass is 35.5. The fourth-order valence-corrected chi connectivity index (χ4v) is 4.42. The van der Waals surface area contributed by atoms with E-state index in [0.717, 1.165) is 49.5 Å². The Morgan fingerprint density at radius 3 is 2.44 bits per heavy atom. The minimum Gasteiger partial charge on any atom is -0.359 e. The maximum atomic E-state index is 5.98. The molecule has 0 aliphatic carbocycles. The van der Waals surface area contributed by atoms with Gasteiger partial charge in [-0.05, 0) is 29.3 Å². The van der Waals surface area contributed by atoms with E-state index in [-0.39, 0.29) is 0 Å². The van der Waals surface area contributed by atoms with E-state index < -0.39 is 0 Å². The first kappa shape index (κ1) is 20.1. The molecule has 2 aromatic rings. The van der Waals surface area contributed by atoms with Gasteiger partial charge < -0.3 is 10.2 Å². The molecule has 0 unspecified atom stereocenters. The van der Waals surface area contributed by atoms with E-state index in [4.69, 9.17) is 11.6 Å². The van der Waals surface area contributed by atoms with Crippen molar-refractivity contribution in [1.82, 2.24) is 15.1 Å². The molecule has 4 nitrogen and oxygen atoms in total. The topological polar surface area (TPSA) is 30.9 Å². The van der Waals surface area contributed by atoms with Crippen LogP contribution in [-0.2, 0) is 12.3 Å². The number of nitrogens with one attached hydrogen (secondary N) is 1. The Hall–Kier alpha value is -1.69. The van der Waals surface area contributed by atoms with Crippen molar-refractivity contribution in [3.8, 4) is 0 Å². The summed E-state index contributed by atoms with van der Waals surface area (Å²) in [4.78, 5) is 10.5. The average Bonchev–Trinajstić information content (AvgIpc) is 2.71. The molecule has 1 saturated heterocycles. The van der Waals surface area contributed by atoms with Gasteiger partial charge in [0.1, 0.15) is 0 Å². The molecule has 27 heavy (non-hydrogen) atoms. The van der Waals surface area contributed by atoms with Crippen molar-refractivity contribution in [2.24, 2.45) is 4.99 Å². The van der Waals surface area contributed by atoms with E-state index in [0.29, 0.717) is 0 Å². The summed E-state index contributed by atoms with van der Waals surface area (Å²) in [6, 6.07) is 16.9. The summed E-state index contributed by atoms with van der Waals surface area (Å²) in [5.74, 6) is 1.94. The molecule has 0 amide bonds. The van der Waals surface area contributed by atoms with Crippen molar-refractivity contribution in [1.29, 1.82) is 0 Å². The molecular weight excluding hydrogens is 376 g/mol. The van der Waals surface area contributed by atoms with Crippen LogP contribution in [0.5, 0.6) is 0 Å². The van der Waals surface area contributed by atoms with Crippen LogP contribution in [0.4, 0.5) is 0 Å². The molecule has 0 saturated carbocycles.